The molecular formula is C25H35N3O6. The van der Waals surface area contributed by atoms with Gasteiger partial charge in [0.2, 0.25) is 0 Å². The molecule has 1 aromatic carbocycles. The number of carboxylic acid groups (broad SMARTS) is 1. The highest BCUT2D eigenvalue weighted by atomic mass is 16.5. The van der Waals surface area contributed by atoms with Crippen molar-refractivity contribution in [3.05, 3.63) is 24.3 Å². The van der Waals surface area contributed by atoms with Gasteiger partial charge in [0.05, 0.1) is 12.5 Å². The van der Waals surface area contributed by atoms with Gasteiger partial charge in [-0.2, -0.15) is 0 Å². The van der Waals surface area contributed by atoms with Crippen molar-refractivity contribution in [3.8, 4) is 5.75 Å². The van der Waals surface area contributed by atoms with Gasteiger partial charge in [0.1, 0.15) is 5.75 Å². The Kier molecular flexibility index (Phi) is 6.64. The van der Waals surface area contributed by atoms with E-state index in [2.05, 4.69) is 4.90 Å². The van der Waals surface area contributed by atoms with Gasteiger partial charge in [-0.3, -0.25) is 9.59 Å². The summed E-state index contributed by atoms with van der Waals surface area (Å²) in [6.07, 6.45) is 1.65. The quantitative estimate of drug-likeness (QED) is 0.634. The number of carbonyl (C=O) groups is 3. The van der Waals surface area contributed by atoms with E-state index >= 15 is 0 Å². The van der Waals surface area contributed by atoms with Crippen molar-refractivity contribution in [2.24, 2.45) is 11.3 Å². The molecule has 1 N–H and O–H groups in total. The normalized spacial score (nSPS) is 21.9. The molecule has 1 spiro atoms. The fourth-order valence-corrected chi connectivity index (χ4v) is 5.39. The zero-order valence-corrected chi connectivity index (χ0v) is 20.3. The molecule has 0 bridgehead atoms. The number of hydrogen-bond acceptors (Lipinski definition) is 6. The average molecular weight is 474 g/mol. The lowest BCUT2D eigenvalue weighted by molar-refractivity contribution is -0.148. The highest BCUT2D eigenvalue weighted by molar-refractivity contribution is 5.85. The van der Waals surface area contributed by atoms with E-state index in [1.54, 1.807) is 18.7 Å². The summed E-state index contributed by atoms with van der Waals surface area (Å²) in [5, 5.41) is 9.13. The van der Waals surface area contributed by atoms with Crippen LogP contribution in [-0.4, -0.2) is 84.4 Å². The van der Waals surface area contributed by atoms with Crippen LogP contribution >= 0.6 is 0 Å². The number of hydrogen-bond donors (Lipinski definition) is 1. The summed E-state index contributed by atoms with van der Waals surface area (Å²) in [6.45, 7) is 9.35. The van der Waals surface area contributed by atoms with Gasteiger partial charge in [0.25, 0.3) is 5.91 Å². The van der Waals surface area contributed by atoms with Gasteiger partial charge in [0.15, 0.2) is 5.60 Å². The summed E-state index contributed by atoms with van der Waals surface area (Å²) in [4.78, 5) is 42.0. The molecule has 3 aliphatic heterocycles. The molecule has 1 unspecified atom stereocenters. The summed E-state index contributed by atoms with van der Waals surface area (Å²) in [5.41, 5.74) is -0.220. The molecule has 3 aliphatic rings. The summed E-state index contributed by atoms with van der Waals surface area (Å²) in [7, 11) is 0. The van der Waals surface area contributed by atoms with E-state index in [0.29, 0.717) is 45.1 Å². The van der Waals surface area contributed by atoms with Crippen LogP contribution in [0.5, 0.6) is 5.75 Å². The Morgan fingerprint density at radius 2 is 1.88 bits per heavy atom. The van der Waals surface area contributed by atoms with Crippen molar-refractivity contribution in [2.45, 2.75) is 45.6 Å². The number of amides is 2. The van der Waals surface area contributed by atoms with E-state index < -0.39 is 11.7 Å². The number of piperidine rings is 1. The van der Waals surface area contributed by atoms with Crippen LogP contribution in [0.2, 0.25) is 0 Å². The van der Waals surface area contributed by atoms with Crippen molar-refractivity contribution in [2.75, 3.05) is 50.8 Å². The van der Waals surface area contributed by atoms with E-state index in [0.717, 1.165) is 31.5 Å². The SMILES string of the molecule is CCOC(=O)C1CCCN(c2cccc(OC(C)(C)C(=O)N3CCC4(CN(C(=O)O)C4)C3)c2)C1. The van der Waals surface area contributed by atoms with Crippen LogP contribution in [0.3, 0.4) is 0 Å². The topological polar surface area (TPSA) is 99.6 Å². The maximum Gasteiger partial charge on any atom is 0.407 e. The van der Waals surface area contributed by atoms with Gasteiger partial charge >= 0.3 is 12.1 Å². The lowest BCUT2D eigenvalue weighted by Gasteiger charge is -2.46. The molecule has 0 saturated carbocycles. The molecule has 3 saturated heterocycles. The first-order valence-electron chi connectivity index (χ1n) is 12.1. The van der Waals surface area contributed by atoms with Gasteiger partial charge in [-0.1, -0.05) is 6.07 Å². The van der Waals surface area contributed by atoms with Crippen LogP contribution in [0.15, 0.2) is 24.3 Å². The maximum absolute atomic E-state index is 13.3. The minimum absolute atomic E-state index is 0.0936. The number of esters is 1. The first-order chi connectivity index (χ1) is 16.1. The van der Waals surface area contributed by atoms with Crippen molar-refractivity contribution in [1.82, 2.24) is 9.80 Å². The summed E-state index contributed by atoms with van der Waals surface area (Å²) < 4.78 is 11.4. The molecular weight excluding hydrogens is 438 g/mol. The molecule has 34 heavy (non-hydrogen) atoms. The lowest BCUT2D eigenvalue weighted by Crippen LogP contribution is -2.60. The van der Waals surface area contributed by atoms with Crippen LogP contribution in [-0.2, 0) is 14.3 Å². The van der Waals surface area contributed by atoms with Crippen molar-refractivity contribution < 1.29 is 29.0 Å². The van der Waals surface area contributed by atoms with Gasteiger partial charge < -0.3 is 29.3 Å². The summed E-state index contributed by atoms with van der Waals surface area (Å²) in [6, 6.07) is 7.65. The number of ether oxygens (including phenoxy) is 2. The predicted molar refractivity (Wildman–Crippen MR) is 126 cm³/mol. The predicted octanol–water partition coefficient (Wildman–Crippen LogP) is 2.84. The number of carbonyl (C=O) groups excluding carboxylic acids is 2. The van der Waals surface area contributed by atoms with Crippen LogP contribution in [0.1, 0.15) is 40.0 Å². The van der Waals surface area contributed by atoms with Crippen molar-refractivity contribution in [3.63, 3.8) is 0 Å². The average Bonchev–Trinajstić information content (AvgIpc) is 3.23. The zero-order chi connectivity index (χ0) is 24.5. The van der Waals surface area contributed by atoms with Crippen molar-refractivity contribution >= 4 is 23.7 Å². The number of benzene rings is 1. The molecule has 0 radical (unpaired) electrons. The van der Waals surface area contributed by atoms with Crippen LogP contribution in [0.25, 0.3) is 0 Å². The van der Waals surface area contributed by atoms with Crippen LogP contribution < -0.4 is 9.64 Å². The zero-order valence-electron chi connectivity index (χ0n) is 20.3. The number of nitrogens with zero attached hydrogens (tertiary/aromatic N) is 3. The molecule has 9 nitrogen and oxygen atoms in total. The molecule has 9 heteroatoms. The van der Waals surface area contributed by atoms with Crippen molar-refractivity contribution in [1.29, 1.82) is 0 Å². The molecule has 3 fully saturated rings. The molecule has 3 heterocycles. The molecule has 0 aromatic heterocycles. The Balaban J connectivity index is 1.38. The van der Waals surface area contributed by atoms with Crippen LogP contribution in [0.4, 0.5) is 10.5 Å². The van der Waals surface area contributed by atoms with Gasteiger partial charge in [-0.25, -0.2) is 4.79 Å². The first-order valence-corrected chi connectivity index (χ1v) is 12.1. The van der Waals surface area contributed by atoms with E-state index in [9.17, 15) is 14.4 Å². The van der Waals surface area contributed by atoms with Gasteiger partial charge in [-0.05, 0) is 52.2 Å². The first kappa shape index (κ1) is 24.2. The molecule has 1 atom stereocenters. The van der Waals surface area contributed by atoms with E-state index in [1.165, 1.54) is 4.90 Å². The Labute approximate surface area is 200 Å². The van der Waals surface area contributed by atoms with E-state index in [-0.39, 0.29) is 23.2 Å². The standard InChI is InChI=1S/C25H35N3O6/c1-4-33-21(29)18-7-6-11-26(14-18)19-8-5-9-20(13-19)34-24(2,3)22(30)27-12-10-25(15-27)16-28(17-25)23(31)32/h5,8-9,13,18H,4,6-7,10-12,14-17H2,1-3H3,(H,31,32). The second-order valence-corrected chi connectivity index (χ2v) is 10.3. The highest BCUT2D eigenvalue weighted by Gasteiger charge is 2.52. The second kappa shape index (κ2) is 9.35. The minimum Gasteiger partial charge on any atom is -0.478 e. The monoisotopic (exact) mass is 473 g/mol. The number of anilines is 1. The fraction of sp³-hybridized carbons (Fsp3) is 0.640. The third kappa shape index (κ3) is 4.93. The molecule has 186 valence electrons. The molecule has 1 aromatic rings. The third-order valence-electron chi connectivity index (χ3n) is 7.16. The highest BCUT2D eigenvalue weighted by Crippen LogP contribution is 2.40. The Morgan fingerprint density at radius 1 is 1.15 bits per heavy atom. The number of rotatable bonds is 6. The Hall–Kier alpha value is -2.97. The van der Waals surface area contributed by atoms with E-state index in [4.69, 9.17) is 14.6 Å². The van der Waals surface area contributed by atoms with Crippen LogP contribution in [0, 0.1) is 11.3 Å². The smallest absolute Gasteiger partial charge is 0.407 e. The van der Waals surface area contributed by atoms with E-state index in [1.807, 2.05) is 31.2 Å². The third-order valence-corrected chi connectivity index (χ3v) is 7.16. The van der Waals surface area contributed by atoms with Gasteiger partial charge in [0, 0.05) is 56.4 Å². The largest absolute Gasteiger partial charge is 0.478 e. The van der Waals surface area contributed by atoms with Gasteiger partial charge in [-0.15, -0.1) is 0 Å². The summed E-state index contributed by atoms with van der Waals surface area (Å²) in [5.74, 6) is 0.225. The minimum atomic E-state index is -1.06. The fourth-order valence-electron chi connectivity index (χ4n) is 5.39. The molecule has 0 aliphatic carbocycles. The second-order valence-electron chi connectivity index (χ2n) is 10.3. The molecule has 4 rings (SSSR count). The maximum atomic E-state index is 13.3. The lowest BCUT2D eigenvalue weighted by atomic mass is 9.79. The Bertz CT molecular complexity index is 942. The summed E-state index contributed by atoms with van der Waals surface area (Å²) >= 11 is 0. The number of likely N-dealkylation sites (tertiary alicyclic amines) is 2. The Morgan fingerprint density at radius 3 is 2.59 bits per heavy atom. The molecule has 2 amide bonds.